The summed E-state index contributed by atoms with van der Waals surface area (Å²) in [5, 5.41) is 52.1. The lowest BCUT2D eigenvalue weighted by atomic mass is 9.95. The number of aliphatic hydroxyl groups excluding tert-OH is 4. The Morgan fingerprint density at radius 1 is 1.15 bits per heavy atom. The van der Waals surface area contributed by atoms with Gasteiger partial charge in [-0.2, -0.15) is 0 Å². The summed E-state index contributed by atoms with van der Waals surface area (Å²) in [7, 11) is 1.90. The van der Waals surface area contributed by atoms with Crippen LogP contribution in [0.25, 0.3) is 10.9 Å². The first-order chi connectivity index (χ1) is 16.3. The van der Waals surface area contributed by atoms with E-state index >= 15 is 0 Å². The summed E-state index contributed by atoms with van der Waals surface area (Å²) in [5.74, 6) is -1.46. The van der Waals surface area contributed by atoms with Crippen LogP contribution in [0.1, 0.15) is 16.7 Å². The molecule has 3 heterocycles. The van der Waals surface area contributed by atoms with E-state index < -0.39 is 37.0 Å². The molecule has 0 spiro atoms. The Balaban J connectivity index is 1.44. The fraction of sp³-hybridized carbons (Fsp3) is 0.440. The summed E-state index contributed by atoms with van der Waals surface area (Å²) in [6.07, 6.45) is -2.46. The highest BCUT2D eigenvalue weighted by Gasteiger charge is 2.57. The van der Waals surface area contributed by atoms with E-state index in [2.05, 4.69) is 12.1 Å². The molecule has 3 aromatic rings. The maximum absolute atomic E-state index is 11.0. The molecular weight excluding hydrogens is 442 g/mol. The van der Waals surface area contributed by atoms with E-state index in [0.717, 1.165) is 35.1 Å². The summed E-state index contributed by atoms with van der Waals surface area (Å²) >= 11 is 0. The highest BCUT2D eigenvalue weighted by molar-refractivity contribution is 5.90. The average Bonchev–Trinajstić information content (AvgIpc) is 3.43. The van der Waals surface area contributed by atoms with Crippen LogP contribution in [0.5, 0.6) is 11.5 Å². The number of ether oxygens (including phenoxy) is 3. The van der Waals surface area contributed by atoms with E-state index in [0.29, 0.717) is 13.0 Å². The molecule has 2 aliphatic rings. The predicted molar refractivity (Wildman–Crippen MR) is 122 cm³/mol. The van der Waals surface area contributed by atoms with Crippen LogP contribution < -0.4 is 9.47 Å². The van der Waals surface area contributed by atoms with Crippen LogP contribution in [-0.2, 0) is 31.0 Å². The molecule has 0 saturated carbocycles. The summed E-state index contributed by atoms with van der Waals surface area (Å²) in [6, 6.07) is 11.5. The number of aromatic nitrogens is 1. The first-order valence-electron chi connectivity index (χ1n) is 11.3. The maximum atomic E-state index is 11.0. The Morgan fingerprint density at radius 2 is 1.97 bits per heavy atom. The van der Waals surface area contributed by atoms with Gasteiger partial charge < -0.3 is 44.3 Å². The molecule has 9 nitrogen and oxygen atoms in total. The van der Waals surface area contributed by atoms with Gasteiger partial charge in [0, 0.05) is 25.1 Å². The molecule has 34 heavy (non-hydrogen) atoms. The molecule has 5 rings (SSSR count). The number of nitrogens with zero attached hydrogens (tertiary/aromatic N) is 1. The van der Waals surface area contributed by atoms with Gasteiger partial charge in [0.25, 0.3) is 5.79 Å². The second-order valence-corrected chi connectivity index (χ2v) is 8.95. The molecule has 5 atom stereocenters. The van der Waals surface area contributed by atoms with E-state index in [1.807, 2.05) is 29.9 Å². The standard InChI is InChI=1S/C25H29NO8/c1-26-12-16(7-5-14-6-8-18-15(11-14)9-10-32-18)21-17(26)3-2-4-19(21)34-25(31)23(29)22(28)20(13-27)33-24(25)30/h2-4,6,8,11-12,20,22-24,27-31H,5,7,9-10,13H2,1H3/t20-,22-,23+,24-,25+/m1/s1. The zero-order valence-electron chi connectivity index (χ0n) is 18.8. The average molecular weight is 472 g/mol. The maximum Gasteiger partial charge on any atom is 0.288 e. The second kappa shape index (κ2) is 8.84. The van der Waals surface area contributed by atoms with Crippen molar-refractivity contribution >= 4 is 10.9 Å². The van der Waals surface area contributed by atoms with Gasteiger partial charge in [-0.1, -0.05) is 18.2 Å². The van der Waals surface area contributed by atoms with E-state index in [-0.39, 0.29) is 5.75 Å². The van der Waals surface area contributed by atoms with Gasteiger partial charge in [0.1, 0.15) is 23.7 Å². The van der Waals surface area contributed by atoms with Gasteiger partial charge in [0.2, 0.25) is 6.29 Å². The van der Waals surface area contributed by atoms with E-state index in [9.17, 15) is 25.5 Å². The van der Waals surface area contributed by atoms with Gasteiger partial charge in [-0.05, 0) is 47.7 Å². The smallest absolute Gasteiger partial charge is 0.288 e. The molecule has 2 aliphatic heterocycles. The Labute approximate surface area is 196 Å². The highest BCUT2D eigenvalue weighted by atomic mass is 16.7. The van der Waals surface area contributed by atoms with Crippen LogP contribution >= 0.6 is 0 Å². The summed E-state index contributed by atoms with van der Waals surface area (Å²) in [5.41, 5.74) is 4.19. The van der Waals surface area contributed by atoms with Crippen molar-refractivity contribution in [3.05, 3.63) is 59.3 Å². The van der Waals surface area contributed by atoms with Crippen LogP contribution in [0.4, 0.5) is 0 Å². The van der Waals surface area contributed by atoms with Crippen molar-refractivity contribution in [2.45, 2.75) is 49.7 Å². The lowest BCUT2D eigenvalue weighted by molar-refractivity contribution is -0.385. The van der Waals surface area contributed by atoms with Crippen LogP contribution in [0.3, 0.4) is 0 Å². The van der Waals surface area contributed by atoms with Crippen molar-refractivity contribution in [2.75, 3.05) is 13.2 Å². The number of aliphatic hydroxyl groups is 5. The van der Waals surface area contributed by atoms with Crippen LogP contribution in [0.15, 0.2) is 42.6 Å². The molecule has 1 saturated heterocycles. The van der Waals surface area contributed by atoms with Gasteiger partial charge in [0.15, 0.2) is 6.10 Å². The van der Waals surface area contributed by atoms with Gasteiger partial charge in [-0.25, -0.2) is 0 Å². The van der Waals surface area contributed by atoms with Gasteiger partial charge in [-0.3, -0.25) is 0 Å². The molecule has 0 amide bonds. The minimum absolute atomic E-state index is 0.231. The monoisotopic (exact) mass is 471 g/mol. The number of rotatable bonds is 6. The molecule has 182 valence electrons. The summed E-state index contributed by atoms with van der Waals surface area (Å²) < 4.78 is 18.4. The third-order valence-corrected chi connectivity index (χ3v) is 6.73. The van der Waals surface area contributed by atoms with Gasteiger partial charge >= 0.3 is 0 Å². The predicted octanol–water partition coefficient (Wildman–Crippen LogP) is 0.397. The molecule has 1 fully saturated rings. The Kier molecular flexibility index (Phi) is 6.01. The largest absolute Gasteiger partial charge is 0.493 e. The quantitative estimate of drug-likeness (QED) is 0.326. The van der Waals surface area contributed by atoms with Crippen LogP contribution in [-0.4, -0.2) is 73.7 Å². The fourth-order valence-electron chi connectivity index (χ4n) is 4.83. The first-order valence-corrected chi connectivity index (χ1v) is 11.3. The molecule has 2 aromatic carbocycles. The van der Waals surface area contributed by atoms with Crippen molar-refractivity contribution in [1.82, 2.24) is 4.57 Å². The van der Waals surface area contributed by atoms with Crippen molar-refractivity contribution in [3.8, 4) is 11.5 Å². The summed E-state index contributed by atoms with van der Waals surface area (Å²) in [6.45, 7) is 0.0689. The highest BCUT2D eigenvalue weighted by Crippen LogP contribution is 2.37. The van der Waals surface area contributed by atoms with E-state index in [4.69, 9.17) is 14.2 Å². The third-order valence-electron chi connectivity index (χ3n) is 6.73. The van der Waals surface area contributed by atoms with Crippen molar-refractivity contribution < 1.29 is 39.7 Å². The molecule has 0 aliphatic carbocycles. The Hall–Kier alpha value is -2.66. The Bertz CT molecular complexity index is 1190. The zero-order chi connectivity index (χ0) is 24.0. The van der Waals surface area contributed by atoms with Crippen molar-refractivity contribution in [3.63, 3.8) is 0 Å². The van der Waals surface area contributed by atoms with Crippen molar-refractivity contribution in [1.29, 1.82) is 0 Å². The topological polar surface area (TPSA) is 134 Å². The van der Waals surface area contributed by atoms with E-state index in [1.54, 1.807) is 12.1 Å². The molecule has 1 aromatic heterocycles. The van der Waals surface area contributed by atoms with Gasteiger partial charge in [0.05, 0.1) is 18.7 Å². The summed E-state index contributed by atoms with van der Waals surface area (Å²) in [4.78, 5) is 0. The minimum Gasteiger partial charge on any atom is -0.493 e. The fourth-order valence-corrected chi connectivity index (χ4v) is 4.83. The third kappa shape index (κ3) is 3.84. The van der Waals surface area contributed by atoms with Gasteiger partial charge in [-0.15, -0.1) is 0 Å². The molecule has 0 radical (unpaired) electrons. The molecular formula is C25H29NO8. The van der Waals surface area contributed by atoms with Crippen LogP contribution in [0.2, 0.25) is 0 Å². The SMILES string of the molecule is Cn1cc(CCc2ccc3c(c2)CCO3)c2c(O[C@]3(O)[C@H](O)O[C@H](CO)[C@@H](O)[C@@H]3O)cccc21. The Morgan fingerprint density at radius 3 is 2.76 bits per heavy atom. The zero-order valence-corrected chi connectivity index (χ0v) is 18.8. The normalized spacial score (nSPS) is 28.6. The lowest BCUT2D eigenvalue weighted by Gasteiger charge is -2.45. The number of hydrogen-bond acceptors (Lipinski definition) is 8. The molecule has 0 bridgehead atoms. The number of benzene rings is 2. The number of aryl methyl sites for hydroxylation is 3. The van der Waals surface area contributed by atoms with Crippen molar-refractivity contribution in [2.24, 2.45) is 7.05 Å². The molecule has 0 unspecified atom stereocenters. The molecule has 5 N–H and O–H groups in total. The molecule has 9 heteroatoms. The number of hydrogen-bond donors (Lipinski definition) is 5. The lowest BCUT2D eigenvalue weighted by Crippen LogP contribution is -2.69. The first kappa shape index (κ1) is 23.1. The second-order valence-electron chi connectivity index (χ2n) is 8.95. The van der Waals surface area contributed by atoms with Crippen LogP contribution in [0, 0.1) is 0 Å². The minimum atomic E-state index is -2.63. The number of fused-ring (bicyclic) bond motifs is 2. The van der Waals surface area contributed by atoms with E-state index in [1.165, 1.54) is 11.1 Å².